The largest absolute Gasteiger partial charge is 0.465 e. The molecule has 0 saturated carbocycles. The third kappa shape index (κ3) is 6.38. The normalized spacial score (nSPS) is 11.4. The molecule has 0 amide bonds. The first-order chi connectivity index (χ1) is 13.3. The molecule has 0 N–H and O–H groups in total. The van der Waals surface area contributed by atoms with E-state index >= 15 is 0 Å². The molecule has 2 rings (SSSR count). The highest BCUT2D eigenvalue weighted by Crippen LogP contribution is 2.27. The summed E-state index contributed by atoms with van der Waals surface area (Å²) in [5.41, 5.74) is 4.18. The van der Waals surface area contributed by atoms with Gasteiger partial charge in [-0.05, 0) is 49.8 Å². The van der Waals surface area contributed by atoms with Crippen LogP contribution in [0.2, 0.25) is 0 Å². The van der Waals surface area contributed by atoms with Gasteiger partial charge in [0.05, 0.1) is 6.61 Å². The number of hydrogen-bond acceptors (Lipinski definition) is 4. The first kappa shape index (κ1) is 23.7. The fourth-order valence-electron chi connectivity index (χ4n) is 3.23. The smallest absolute Gasteiger partial charge is 0.321 e. The van der Waals surface area contributed by atoms with E-state index in [1.54, 1.807) is 9.12 Å². The van der Waals surface area contributed by atoms with Crippen LogP contribution in [-0.4, -0.2) is 18.4 Å². The molecular weight excluding hydrogens is 371 g/mol. The number of ether oxygens (including phenoxy) is 1. The molecule has 5 heteroatoms. The Morgan fingerprint density at radius 2 is 1.50 bits per heavy atom. The van der Waals surface area contributed by atoms with Gasteiger partial charge in [0, 0.05) is 5.56 Å². The summed E-state index contributed by atoms with van der Waals surface area (Å²) in [5, 5.41) is 0. The van der Waals surface area contributed by atoms with E-state index in [1.807, 2.05) is 63.2 Å². The molecule has 0 aliphatic heterocycles. The molecule has 150 valence electrons. The monoisotopic (exact) mass is 400 g/mol. The molecule has 1 atom stereocenters. The maximum Gasteiger partial charge on any atom is 0.321 e. The van der Waals surface area contributed by atoms with Gasteiger partial charge in [-0.2, -0.15) is 0 Å². The highest BCUT2D eigenvalue weighted by atomic mass is 31.0. The van der Waals surface area contributed by atoms with E-state index in [1.165, 1.54) is 0 Å². The number of esters is 1. The number of carbonyl (C=O) groups is 2. The molecule has 2 aromatic rings. The van der Waals surface area contributed by atoms with Crippen molar-refractivity contribution in [3.8, 4) is 0 Å². The van der Waals surface area contributed by atoms with E-state index in [0.717, 1.165) is 23.1 Å². The van der Waals surface area contributed by atoms with Crippen molar-refractivity contribution in [2.75, 3.05) is 6.61 Å². The van der Waals surface area contributed by atoms with Crippen LogP contribution in [0.3, 0.4) is 0 Å². The third-order valence-electron chi connectivity index (χ3n) is 4.49. The van der Waals surface area contributed by atoms with Crippen LogP contribution in [0.25, 0.3) is 0 Å². The van der Waals surface area contributed by atoms with Crippen LogP contribution < -0.4 is 0 Å². The van der Waals surface area contributed by atoms with Gasteiger partial charge in [-0.3, -0.25) is 14.2 Å². The fourth-order valence-corrected chi connectivity index (χ4v) is 3.23. The lowest BCUT2D eigenvalue weighted by molar-refractivity contribution is -0.144. The minimum atomic E-state index is -0.927. The van der Waals surface area contributed by atoms with Crippen LogP contribution in [0, 0.1) is 26.7 Å². The van der Waals surface area contributed by atoms with E-state index in [0.29, 0.717) is 23.7 Å². The van der Waals surface area contributed by atoms with Crippen molar-refractivity contribution in [3.63, 3.8) is 0 Å². The lowest BCUT2D eigenvalue weighted by Gasteiger charge is -2.19. The second-order valence-corrected chi connectivity index (χ2v) is 7.33. The molecule has 0 aliphatic carbocycles. The maximum absolute atomic E-state index is 13.3. The lowest BCUT2D eigenvalue weighted by atomic mass is 9.86. The Kier molecular flexibility index (Phi) is 9.75. The molecule has 0 spiro atoms. The summed E-state index contributed by atoms with van der Waals surface area (Å²) in [4.78, 5) is 26.1. The average molecular weight is 400 g/mol. The highest BCUT2D eigenvalue weighted by Gasteiger charge is 2.32. The number of benzene rings is 2. The molecule has 0 aromatic heterocycles. The highest BCUT2D eigenvalue weighted by molar-refractivity contribution is 7.00. The van der Waals surface area contributed by atoms with Gasteiger partial charge in [0.1, 0.15) is 15.0 Å². The van der Waals surface area contributed by atoms with Gasteiger partial charge in [0.25, 0.3) is 0 Å². The molecule has 4 nitrogen and oxygen atoms in total. The van der Waals surface area contributed by atoms with Crippen molar-refractivity contribution >= 4 is 20.9 Å². The van der Waals surface area contributed by atoms with Gasteiger partial charge in [-0.25, -0.2) is 0 Å². The molecule has 0 saturated heterocycles. The molecule has 0 radical (unpaired) electrons. The second kappa shape index (κ2) is 11.5. The standard InChI is InChI=1S/C23H28O3.HOP/c1-15(2)11-12-26-23(25)21(19-9-7-6-8-10-19)22(24)20-17(4)13-16(3)14-18(20)5;1-2/h6-10,13-15,21H,11-12H2,1-5H3;2H. The van der Waals surface area contributed by atoms with Crippen molar-refractivity contribution in [1.82, 2.24) is 0 Å². The number of hydrogen-bond donors (Lipinski definition) is 0. The Balaban J connectivity index is 0.00000190. The van der Waals surface area contributed by atoms with Crippen molar-refractivity contribution in [2.45, 2.75) is 47.0 Å². The Morgan fingerprint density at radius 1 is 0.964 bits per heavy atom. The first-order valence-corrected chi connectivity index (χ1v) is 9.76. The molecule has 0 fully saturated rings. The number of carbonyl (C=O) groups excluding carboxylic acids is 2. The molecule has 2 aromatic carbocycles. The van der Waals surface area contributed by atoms with Crippen LogP contribution in [0.1, 0.15) is 58.8 Å². The molecular formula is C23H29O4P. The molecule has 0 heterocycles. The molecule has 0 bridgehead atoms. The fraction of sp³-hybridized carbons (Fsp3) is 0.391. The van der Waals surface area contributed by atoms with Gasteiger partial charge < -0.3 is 4.74 Å². The summed E-state index contributed by atoms with van der Waals surface area (Å²) in [6.07, 6.45) is 0.782. The summed E-state index contributed by atoms with van der Waals surface area (Å²) in [7, 11) is 1.72. The number of Topliss-reactive ketones (excluding diaryl/α,β-unsaturated/α-hetero) is 1. The second-order valence-electron chi connectivity index (χ2n) is 7.33. The third-order valence-corrected chi connectivity index (χ3v) is 4.49. The Bertz CT molecular complexity index is 776. The predicted octanol–water partition coefficient (Wildman–Crippen LogP) is 5.64. The average Bonchev–Trinajstić information content (AvgIpc) is 2.63. The summed E-state index contributed by atoms with van der Waals surface area (Å²) in [6, 6.07) is 13.1. The van der Waals surface area contributed by atoms with Crippen LogP contribution in [0.5, 0.6) is 0 Å². The first-order valence-electron chi connectivity index (χ1n) is 9.35. The number of rotatable bonds is 7. The zero-order valence-corrected chi connectivity index (χ0v) is 18.2. The summed E-state index contributed by atoms with van der Waals surface area (Å²) in [5.74, 6) is -1.15. The predicted molar refractivity (Wildman–Crippen MR) is 114 cm³/mol. The van der Waals surface area contributed by atoms with Gasteiger partial charge in [0.15, 0.2) is 5.78 Å². The van der Waals surface area contributed by atoms with Gasteiger partial charge in [-0.15, -0.1) is 0 Å². The van der Waals surface area contributed by atoms with Gasteiger partial charge in [-0.1, -0.05) is 61.9 Å². The Morgan fingerprint density at radius 3 is 2.00 bits per heavy atom. The summed E-state index contributed by atoms with van der Waals surface area (Å²) >= 11 is 0. The van der Waals surface area contributed by atoms with Crippen LogP contribution >= 0.6 is 9.12 Å². The van der Waals surface area contributed by atoms with Gasteiger partial charge in [0.2, 0.25) is 0 Å². The van der Waals surface area contributed by atoms with E-state index < -0.39 is 11.9 Å². The Labute approximate surface area is 169 Å². The minimum absolute atomic E-state index is 0.194. The van der Waals surface area contributed by atoms with Gasteiger partial charge >= 0.3 is 5.97 Å². The zero-order valence-electron chi connectivity index (χ0n) is 17.2. The van der Waals surface area contributed by atoms with E-state index in [4.69, 9.17) is 9.30 Å². The van der Waals surface area contributed by atoms with Crippen molar-refractivity contribution in [2.24, 2.45) is 5.92 Å². The van der Waals surface area contributed by atoms with Crippen molar-refractivity contribution in [3.05, 3.63) is 70.3 Å². The van der Waals surface area contributed by atoms with Crippen LogP contribution in [0.15, 0.2) is 42.5 Å². The Hall–Kier alpha value is -2.32. The minimum Gasteiger partial charge on any atom is -0.465 e. The zero-order chi connectivity index (χ0) is 21.3. The molecule has 28 heavy (non-hydrogen) atoms. The number of ketones is 1. The topological polar surface area (TPSA) is 60.4 Å². The summed E-state index contributed by atoms with van der Waals surface area (Å²) < 4.78 is 13.5. The molecule has 0 aliphatic rings. The maximum atomic E-state index is 13.3. The molecule has 1 unspecified atom stereocenters. The number of aryl methyl sites for hydroxylation is 3. The summed E-state index contributed by atoms with van der Waals surface area (Å²) in [6.45, 7) is 10.3. The van der Waals surface area contributed by atoms with E-state index in [9.17, 15) is 9.59 Å². The quantitative estimate of drug-likeness (QED) is 0.261. The van der Waals surface area contributed by atoms with Crippen molar-refractivity contribution < 1.29 is 18.9 Å². The van der Waals surface area contributed by atoms with Crippen LogP contribution in [-0.2, 0) is 14.1 Å². The van der Waals surface area contributed by atoms with Crippen molar-refractivity contribution in [1.29, 1.82) is 0 Å². The SMILES string of the molecule is Cc1cc(C)c(C(=O)C(C(=O)OCCC(C)C)c2ccccc2)c(C)c1.O=P. The van der Waals surface area contributed by atoms with Crippen LogP contribution in [0.4, 0.5) is 0 Å². The lowest BCUT2D eigenvalue weighted by Crippen LogP contribution is -2.26. The van der Waals surface area contributed by atoms with E-state index in [2.05, 4.69) is 13.8 Å². The van der Waals surface area contributed by atoms with E-state index in [-0.39, 0.29) is 5.78 Å².